The Balaban J connectivity index is 2.00. The lowest BCUT2D eigenvalue weighted by Gasteiger charge is -2.35. The van der Waals surface area contributed by atoms with Gasteiger partial charge in [-0.25, -0.2) is 4.98 Å². The zero-order valence-corrected chi connectivity index (χ0v) is 11.7. The fraction of sp³-hybridized carbons (Fsp3) is 0.714. The number of nitrogens with one attached hydrogen (secondary N) is 1. The van der Waals surface area contributed by atoms with Crippen molar-refractivity contribution < 1.29 is 0 Å². The van der Waals surface area contributed by atoms with Crippen molar-refractivity contribution in [3.05, 3.63) is 12.3 Å². The topological polar surface area (TPSA) is 41.1 Å². The SMILES string of the molecule is CCC1CCC(N(C)c2ccnc(NC)n2)CC1. The van der Waals surface area contributed by atoms with Gasteiger partial charge in [0.05, 0.1) is 0 Å². The molecule has 0 bridgehead atoms. The van der Waals surface area contributed by atoms with Crippen molar-refractivity contribution >= 4 is 11.8 Å². The van der Waals surface area contributed by atoms with E-state index in [2.05, 4.69) is 34.2 Å². The summed E-state index contributed by atoms with van der Waals surface area (Å²) in [6.07, 6.45) is 8.43. The van der Waals surface area contributed by atoms with Crippen molar-refractivity contribution in [1.29, 1.82) is 0 Å². The van der Waals surface area contributed by atoms with Gasteiger partial charge in [-0.3, -0.25) is 0 Å². The van der Waals surface area contributed by atoms with Crippen LogP contribution in [0.5, 0.6) is 0 Å². The van der Waals surface area contributed by atoms with E-state index in [1.54, 1.807) is 0 Å². The second-order valence-electron chi connectivity index (χ2n) is 5.18. The average Bonchev–Trinajstić information content (AvgIpc) is 2.46. The van der Waals surface area contributed by atoms with E-state index < -0.39 is 0 Å². The van der Waals surface area contributed by atoms with Gasteiger partial charge >= 0.3 is 0 Å². The molecule has 0 spiro atoms. The molecule has 1 aliphatic rings. The van der Waals surface area contributed by atoms with E-state index >= 15 is 0 Å². The summed E-state index contributed by atoms with van der Waals surface area (Å²) in [7, 11) is 4.00. The van der Waals surface area contributed by atoms with Crippen LogP contribution in [0.4, 0.5) is 11.8 Å². The van der Waals surface area contributed by atoms with Gasteiger partial charge in [0.25, 0.3) is 0 Å². The van der Waals surface area contributed by atoms with Gasteiger partial charge in [0.2, 0.25) is 5.95 Å². The Morgan fingerprint density at radius 2 is 2.06 bits per heavy atom. The summed E-state index contributed by atoms with van der Waals surface area (Å²) in [4.78, 5) is 11.0. The lowest BCUT2D eigenvalue weighted by atomic mass is 9.84. The summed E-state index contributed by atoms with van der Waals surface area (Å²) in [5.41, 5.74) is 0. The Bertz CT molecular complexity index is 372. The molecule has 0 amide bonds. The molecule has 1 fully saturated rings. The number of hydrogen-bond donors (Lipinski definition) is 1. The molecular formula is C14H24N4. The quantitative estimate of drug-likeness (QED) is 0.889. The third-order valence-electron chi connectivity index (χ3n) is 4.17. The zero-order chi connectivity index (χ0) is 13.0. The maximum Gasteiger partial charge on any atom is 0.224 e. The van der Waals surface area contributed by atoms with E-state index in [0.717, 1.165) is 11.7 Å². The van der Waals surface area contributed by atoms with E-state index in [1.165, 1.54) is 32.1 Å². The molecule has 0 aliphatic heterocycles. The molecule has 0 radical (unpaired) electrons. The predicted molar refractivity (Wildman–Crippen MR) is 76.0 cm³/mol. The van der Waals surface area contributed by atoms with Crippen LogP contribution in [0.25, 0.3) is 0 Å². The molecule has 1 heterocycles. The van der Waals surface area contributed by atoms with Crippen LogP contribution in [0.2, 0.25) is 0 Å². The molecule has 4 nitrogen and oxygen atoms in total. The van der Waals surface area contributed by atoms with Crippen molar-refractivity contribution in [3.63, 3.8) is 0 Å². The molecule has 100 valence electrons. The van der Waals surface area contributed by atoms with Gasteiger partial charge in [0.1, 0.15) is 5.82 Å². The van der Waals surface area contributed by atoms with Crippen molar-refractivity contribution in [2.75, 3.05) is 24.3 Å². The number of nitrogens with zero attached hydrogens (tertiary/aromatic N) is 3. The fourth-order valence-corrected chi connectivity index (χ4v) is 2.79. The molecule has 0 atom stereocenters. The molecule has 1 aliphatic carbocycles. The first-order valence-electron chi connectivity index (χ1n) is 6.98. The normalized spacial score (nSPS) is 23.7. The van der Waals surface area contributed by atoms with E-state index in [9.17, 15) is 0 Å². The summed E-state index contributed by atoms with van der Waals surface area (Å²) < 4.78 is 0. The summed E-state index contributed by atoms with van der Waals surface area (Å²) in [6.45, 7) is 2.30. The largest absolute Gasteiger partial charge is 0.357 e. The van der Waals surface area contributed by atoms with Gasteiger partial charge in [0.15, 0.2) is 0 Å². The fourth-order valence-electron chi connectivity index (χ4n) is 2.79. The Morgan fingerprint density at radius 1 is 1.33 bits per heavy atom. The van der Waals surface area contributed by atoms with Crippen LogP contribution in [0.3, 0.4) is 0 Å². The predicted octanol–water partition coefficient (Wildman–Crippen LogP) is 2.92. The Kier molecular flexibility index (Phi) is 4.39. The third-order valence-corrected chi connectivity index (χ3v) is 4.17. The van der Waals surface area contributed by atoms with Crippen LogP contribution < -0.4 is 10.2 Å². The summed E-state index contributed by atoms with van der Waals surface area (Å²) >= 11 is 0. The maximum atomic E-state index is 4.51. The highest BCUT2D eigenvalue weighted by molar-refractivity contribution is 5.42. The smallest absolute Gasteiger partial charge is 0.224 e. The van der Waals surface area contributed by atoms with Crippen LogP contribution in [0.1, 0.15) is 39.0 Å². The van der Waals surface area contributed by atoms with E-state index in [0.29, 0.717) is 12.0 Å². The van der Waals surface area contributed by atoms with Crippen LogP contribution in [-0.4, -0.2) is 30.1 Å². The van der Waals surface area contributed by atoms with Crippen LogP contribution >= 0.6 is 0 Å². The minimum absolute atomic E-state index is 0.632. The maximum absolute atomic E-state index is 4.51. The van der Waals surface area contributed by atoms with Crippen molar-refractivity contribution in [2.45, 2.75) is 45.1 Å². The van der Waals surface area contributed by atoms with Gasteiger partial charge in [-0.2, -0.15) is 4.98 Å². The first kappa shape index (κ1) is 13.1. The zero-order valence-electron chi connectivity index (χ0n) is 11.7. The van der Waals surface area contributed by atoms with Gasteiger partial charge in [-0.05, 0) is 37.7 Å². The third kappa shape index (κ3) is 2.92. The molecule has 0 saturated heterocycles. The lowest BCUT2D eigenvalue weighted by Crippen LogP contribution is -2.35. The highest BCUT2D eigenvalue weighted by atomic mass is 15.2. The number of aromatic nitrogens is 2. The van der Waals surface area contributed by atoms with Gasteiger partial charge < -0.3 is 10.2 Å². The molecule has 2 rings (SSSR count). The second-order valence-corrected chi connectivity index (χ2v) is 5.18. The Labute approximate surface area is 110 Å². The number of hydrogen-bond acceptors (Lipinski definition) is 4. The Hall–Kier alpha value is -1.32. The molecule has 1 saturated carbocycles. The van der Waals surface area contributed by atoms with Crippen LogP contribution in [-0.2, 0) is 0 Å². The van der Waals surface area contributed by atoms with Crippen LogP contribution in [0, 0.1) is 5.92 Å². The molecule has 1 N–H and O–H groups in total. The monoisotopic (exact) mass is 248 g/mol. The molecule has 0 aromatic carbocycles. The van der Waals surface area contributed by atoms with Crippen molar-refractivity contribution in [3.8, 4) is 0 Å². The highest BCUT2D eigenvalue weighted by Gasteiger charge is 2.23. The van der Waals surface area contributed by atoms with Crippen molar-refractivity contribution in [1.82, 2.24) is 9.97 Å². The standard InChI is InChI=1S/C14H24N4/c1-4-11-5-7-12(8-6-11)18(3)13-9-10-16-14(15-2)17-13/h9-12H,4-8H2,1-3H3,(H,15,16,17). The molecule has 1 aromatic rings. The summed E-state index contributed by atoms with van der Waals surface area (Å²) in [5, 5.41) is 2.99. The average molecular weight is 248 g/mol. The van der Waals surface area contributed by atoms with Crippen molar-refractivity contribution in [2.24, 2.45) is 5.92 Å². The number of rotatable bonds is 4. The van der Waals surface area contributed by atoms with Gasteiger partial charge in [-0.1, -0.05) is 13.3 Å². The Morgan fingerprint density at radius 3 is 2.67 bits per heavy atom. The lowest BCUT2D eigenvalue weighted by molar-refractivity contribution is 0.313. The summed E-state index contributed by atoms with van der Waals surface area (Å²) in [5.74, 6) is 2.66. The second kappa shape index (κ2) is 6.03. The van der Waals surface area contributed by atoms with E-state index in [1.807, 2.05) is 19.3 Å². The molecule has 0 unspecified atom stereocenters. The molecular weight excluding hydrogens is 224 g/mol. The van der Waals surface area contributed by atoms with Gasteiger partial charge in [-0.15, -0.1) is 0 Å². The van der Waals surface area contributed by atoms with Crippen LogP contribution in [0.15, 0.2) is 12.3 Å². The number of anilines is 2. The van der Waals surface area contributed by atoms with E-state index in [4.69, 9.17) is 0 Å². The summed E-state index contributed by atoms with van der Waals surface area (Å²) in [6, 6.07) is 2.62. The molecule has 18 heavy (non-hydrogen) atoms. The molecule has 1 aromatic heterocycles. The minimum Gasteiger partial charge on any atom is -0.357 e. The first-order chi connectivity index (χ1) is 8.74. The molecule has 4 heteroatoms. The van der Waals surface area contributed by atoms with E-state index in [-0.39, 0.29) is 0 Å². The highest BCUT2D eigenvalue weighted by Crippen LogP contribution is 2.30. The minimum atomic E-state index is 0.632. The first-order valence-corrected chi connectivity index (χ1v) is 6.98. The van der Waals surface area contributed by atoms with Gasteiger partial charge in [0, 0.05) is 26.3 Å².